The van der Waals surface area contributed by atoms with Gasteiger partial charge in [0, 0.05) is 17.3 Å². The largest absolute Gasteiger partial charge is 0.507 e. The third-order valence-electron chi connectivity index (χ3n) is 3.52. The maximum Gasteiger partial charge on any atom is 0.128 e. The van der Waals surface area contributed by atoms with E-state index in [2.05, 4.69) is 4.99 Å². The smallest absolute Gasteiger partial charge is 0.128 e. The van der Waals surface area contributed by atoms with E-state index >= 15 is 0 Å². The molecular formula is C17H27NO3. The Bertz CT molecular complexity index is 501. The number of aliphatic hydroxyl groups excluding tert-OH is 1. The summed E-state index contributed by atoms with van der Waals surface area (Å²) in [5.41, 5.74) is 1.22. The topological polar surface area (TPSA) is 62.0 Å². The van der Waals surface area contributed by atoms with Gasteiger partial charge in [-0.1, -0.05) is 34.6 Å². The number of aliphatic imine (C=N–C) groups is 1. The predicted molar refractivity (Wildman–Crippen MR) is 86.7 cm³/mol. The molecule has 4 nitrogen and oxygen atoms in total. The number of ether oxygens (including phenoxy) is 1. The van der Waals surface area contributed by atoms with Crippen molar-refractivity contribution >= 4 is 6.21 Å². The number of rotatable bonds is 5. The summed E-state index contributed by atoms with van der Waals surface area (Å²) in [5.74, 6) is 1.14. The van der Waals surface area contributed by atoms with E-state index in [1.54, 1.807) is 19.4 Å². The number of hydrogen-bond donors (Lipinski definition) is 2. The summed E-state index contributed by atoms with van der Waals surface area (Å²) in [6, 6.07) is 3.43. The summed E-state index contributed by atoms with van der Waals surface area (Å²) in [7, 11) is 1.60. The van der Waals surface area contributed by atoms with Gasteiger partial charge in [0.05, 0.1) is 19.8 Å². The van der Waals surface area contributed by atoms with E-state index in [1.165, 1.54) is 0 Å². The molecule has 0 saturated heterocycles. The Morgan fingerprint density at radius 2 is 1.90 bits per heavy atom. The minimum atomic E-state index is -0.199. The van der Waals surface area contributed by atoms with Gasteiger partial charge in [0.2, 0.25) is 0 Å². The van der Waals surface area contributed by atoms with E-state index in [9.17, 15) is 10.2 Å². The Labute approximate surface area is 127 Å². The summed E-state index contributed by atoms with van der Waals surface area (Å²) in [6.45, 7) is 10.1. The second-order valence-corrected chi connectivity index (χ2v) is 6.63. The van der Waals surface area contributed by atoms with Gasteiger partial charge in [0.25, 0.3) is 0 Å². The first-order valence-electron chi connectivity index (χ1n) is 7.26. The number of benzene rings is 1. The first-order chi connectivity index (χ1) is 9.70. The van der Waals surface area contributed by atoms with E-state index in [0.29, 0.717) is 11.3 Å². The Morgan fingerprint density at radius 1 is 1.29 bits per heavy atom. The van der Waals surface area contributed by atoms with Crippen LogP contribution in [0.25, 0.3) is 0 Å². The Morgan fingerprint density at radius 3 is 2.33 bits per heavy atom. The maximum atomic E-state index is 10.5. The highest BCUT2D eigenvalue weighted by molar-refractivity contribution is 5.85. The van der Waals surface area contributed by atoms with Gasteiger partial charge in [-0.3, -0.25) is 4.99 Å². The molecule has 0 amide bonds. The zero-order valence-electron chi connectivity index (χ0n) is 13.8. The number of phenols is 1. The van der Waals surface area contributed by atoms with Crippen molar-refractivity contribution in [2.24, 2.45) is 10.9 Å². The van der Waals surface area contributed by atoms with Crippen LogP contribution >= 0.6 is 0 Å². The molecular weight excluding hydrogens is 266 g/mol. The number of phenolic OH excluding ortho intramolecular Hbond substituents is 1. The lowest BCUT2D eigenvalue weighted by Crippen LogP contribution is -2.18. The van der Waals surface area contributed by atoms with Crippen LogP contribution in [0.1, 0.15) is 45.7 Å². The molecule has 0 heterocycles. The van der Waals surface area contributed by atoms with Crippen molar-refractivity contribution in [2.75, 3.05) is 13.7 Å². The highest BCUT2D eigenvalue weighted by atomic mass is 16.5. The number of aliphatic hydroxyl groups is 1. The van der Waals surface area contributed by atoms with Crippen molar-refractivity contribution in [1.29, 1.82) is 0 Å². The van der Waals surface area contributed by atoms with Crippen LogP contribution in [0, 0.1) is 5.92 Å². The lowest BCUT2D eigenvalue weighted by atomic mass is 9.85. The van der Waals surface area contributed by atoms with E-state index < -0.39 is 0 Å². The van der Waals surface area contributed by atoms with Gasteiger partial charge >= 0.3 is 0 Å². The molecule has 0 fully saturated rings. The number of aromatic hydroxyl groups is 1. The molecule has 0 aliphatic rings. The molecule has 1 rings (SSSR count). The van der Waals surface area contributed by atoms with Crippen molar-refractivity contribution < 1.29 is 14.9 Å². The van der Waals surface area contributed by atoms with Gasteiger partial charge in [0.1, 0.15) is 11.5 Å². The molecule has 1 aromatic carbocycles. The van der Waals surface area contributed by atoms with Crippen LogP contribution in [-0.4, -0.2) is 36.2 Å². The molecule has 118 valence electrons. The third-order valence-corrected chi connectivity index (χ3v) is 3.52. The van der Waals surface area contributed by atoms with Crippen molar-refractivity contribution in [3.8, 4) is 11.5 Å². The first kappa shape index (κ1) is 17.5. The summed E-state index contributed by atoms with van der Waals surface area (Å²) < 4.78 is 5.30. The summed E-state index contributed by atoms with van der Waals surface area (Å²) >= 11 is 0. The highest BCUT2D eigenvalue weighted by Crippen LogP contribution is 2.36. The van der Waals surface area contributed by atoms with E-state index in [4.69, 9.17) is 4.74 Å². The molecule has 0 radical (unpaired) electrons. The van der Waals surface area contributed by atoms with Crippen molar-refractivity contribution in [3.63, 3.8) is 0 Å². The second-order valence-electron chi connectivity index (χ2n) is 6.63. The van der Waals surface area contributed by atoms with E-state index in [1.807, 2.05) is 40.7 Å². The molecule has 0 spiro atoms. The van der Waals surface area contributed by atoms with E-state index in [-0.39, 0.29) is 29.7 Å². The number of hydrogen-bond acceptors (Lipinski definition) is 4. The van der Waals surface area contributed by atoms with Gasteiger partial charge in [-0.15, -0.1) is 0 Å². The van der Waals surface area contributed by atoms with Crippen LogP contribution in [0.2, 0.25) is 0 Å². The molecule has 0 aromatic heterocycles. The zero-order valence-corrected chi connectivity index (χ0v) is 13.8. The minimum Gasteiger partial charge on any atom is -0.507 e. The summed E-state index contributed by atoms with van der Waals surface area (Å²) in [6.07, 6.45) is 1.62. The Kier molecular flexibility index (Phi) is 5.78. The van der Waals surface area contributed by atoms with Crippen molar-refractivity contribution in [1.82, 2.24) is 0 Å². The monoisotopic (exact) mass is 293 g/mol. The minimum absolute atomic E-state index is 0.00890. The summed E-state index contributed by atoms with van der Waals surface area (Å²) in [5, 5.41) is 19.8. The standard InChI is InChI=1S/C17H27NO3/c1-11(2)15(10-19)18-9-12-7-13(21-6)8-14(16(12)20)17(3,4)5/h7-9,11,15,19-20H,10H2,1-6H3/t15-/m1/s1. The number of nitrogens with zero attached hydrogens (tertiary/aromatic N) is 1. The van der Waals surface area contributed by atoms with Gasteiger partial charge in [-0.05, 0) is 23.5 Å². The molecule has 0 aliphatic carbocycles. The fourth-order valence-electron chi connectivity index (χ4n) is 2.02. The SMILES string of the molecule is COc1cc(C=N[C@H](CO)C(C)C)c(O)c(C(C)(C)C)c1. The average Bonchev–Trinajstić information content (AvgIpc) is 2.39. The fraction of sp³-hybridized carbons (Fsp3) is 0.588. The van der Waals surface area contributed by atoms with Crippen molar-refractivity contribution in [3.05, 3.63) is 23.3 Å². The quantitative estimate of drug-likeness (QED) is 0.820. The van der Waals surface area contributed by atoms with Gasteiger partial charge < -0.3 is 14.9 Å². The van der Waals surface area contributed by atoms with Crippen molar-refractivity contribution in [2.45, 2.75) is 46.1 Å². The second kappa shape index (κ2) is 6.94. The van der Waals surface area contributed by atoms with Crippen LogP contribution in [0.3, 0.4) is 0 Å². The van der Waals surface area contributed by atoms with Gasteiger partial charge in [-0.2, -0.15) is 0 Å². The average molecular weight is 293 g/mol. The zero-order chi connectivity index (χ0) is 16.2. The molecule has 0 bridgehead atoms. The van der Waals surface area contributed by atoms with Crippen LogP contribution in [-0.2, 0) is 5.41 Å². The normalized spacial score (nSPS) is 13.9. The molecule has 4 heteroatoms. The molecule has 1 aromatic rings. The van der Waals surface area contributed by atoms with Gasteiger partial charge in [-0.25, -0.2) is 0 Å². The van der Waals surface area contributed by atoms with Crippen LogP contribution < -0.4 is 4.74 Å². The highest BCUT2D eigenvalue weighted by Gasteiger charge is 2.21. The molecule has 0 saturated carbocycles. The Balaban J connectivity index is 3.26. The van der Waals surface area contributed by atoms with Crippen LogP contribution in [0.4, 0.5) is 0 Å². The molecule has 0 unspecified atom stereocenters. The lowest BCUT2D eigenvalue weighted by molar-refractivity contribution is 0.240. The predicted octanol–water partition coefficient (Wildman–Crippen LogP) is 3.13. The number of methoxy groups -OCH3 is 1. The molecule has 2 N–H and O–H groups in total. The molecule has 1 atom stereocenters. The summed E-state index contributed by atoms with van der Waals surface area (Å²) in [4.78, 5) is 4.38. The fourth-order valence-corrected chi connectivity index (χ4v) is 2.02. The maximum absolute atomic E-state index is 10.5. The third kappa shape index (κ3) is 4.46. The lowest BCUT2D eigenvalue weighted by Gasteiger charge is -2.22. The van der Waals surface area contributed by atoms with Crippen LogP contribution in [0.5, 0.6) is 11.5 Å². The van der Waals surface area contributed by atoms with Gasteiger partial charge in [0.15, 0.2) is 0 Å². The molecule has 0 aliphatic heterocycles. The Hall–Kier alpha value is -1.55. The van der Waals surface area contributed by atoms with Crippen LogP contribution in [0.15, 0.2) is 17.1 Å². The first-order valence-corrected chi connectivity index (χ1v) is 7.26. The van der Waals surface area contributed by atoms with E-state index in [0.717, 1.165) is 5.56 Å². The molecule has 21 heavy (non-hydrogen) atoms.